The lowest BCUT2D eigenvalue weighted by Crippen LogP contribution is -2.17. The third-order valence-electron chi connectivity index (χ3n) is 5.49. The van der Waals surface area contributed by atoms with E-state index in [0.29, 0.717) is 0 Å². The molecule has 0 fully saturated rings. The van der Waals surface area contributed by atoms with Crippen LogP contribution in [0.4, 0.5) is 0 Å². The van der Waals surface area contributed by atoms with Gasteiger partial charge in [0.05, 0.1) is 16.1 Å². The molecule has 2 nitrogen and oxygen atoms in total. The molecule has 2 heterocycles. The second-order valence-electron chi connectivity index (χ2n) is 8.03. The topological polar surface area (TPSA) is 20.7 Å². The van der Waals surface area contributed by atoms with Gasteiger partial charge in [0.25, 0.3) is 0 Å². The molecule has 4 heteroatoms. The average molecular weight is 415 g/mol. The first kappa shape index (κ1) is 18.5. The minimum atomic E-state index is -0.0691. The highest BCUT2D eigenvalue weighted by Gasteiger charge is 2.35. The maximum Gasteiger partial charge on any atom is 0.135 e. The van der Waals surface area contributed by atoms with Crippen molar-refractivity contribution in [2.45, 2.75) is 30.4 Å². The van der Waals surface area contributed by atoms with Crippen molar-refractivity contribution in [3.63, 3.8) is 0 Å². The lowest BCUT2D eigenvalue weighted by Gasteiger charge is -2.30. The Bertz CT molecular complexity index is 1260. The fourth-order valence-corrected chi connectivity index (χ4v) is 5.56. The molecular formula is C25H22N2S2. The average Bonchev–Trinajstić information content (AvgIpc) is 3.08. The normalized spacial score (nSPS) is 14.3. The van der Waals surface area contributed by atoms with E-state index >= 15 is 0 Å². The van der Waals surface area contributed by atoms with Crippen molar-refractivity contribution < 1.29 is 0 Å². The van der Waals surface area contributed by atoms with Crippen molar-refractivity contribution in [2.24, 2.45) is 0 Å². The molecule has 1 aliphatic rings. The zero-order valence-corrected chi connectivity index (χ0v) is 18.3. The van der Waals surface area contributed by atoms with Crippen molar-refractivity contribution in [2.75, 3.05) is 0 Å². The van der Waals surface area contributed by atoms with Crippen LogP contribution in [0.1, 0.15) is 25.1 Å². The van der Waals surface area contributed by atoms with Crippen molar-refractivity contribution >= 4 is 24.0 Å². The second-order valence-corrected chi connectivity index (χ2v) is 10.1. The van der Waals surface area contributed by atoms with Crippen LogP contribution in [0.3, 0.4) is 0 Å². The maximum atomic E-state index is 5.96. The molecule has 1 aromatic heterocycles. The molecule has 0 amide bonds. The smallest absolute Gasteiger partial charge is 0.135 e. The van der Waals surface area contributed by atoms with E-state index in [1.807, 2.05) is 17.8 Å². The molecule has 0 radical (unpaired) electrons. The van der Waals surface area contributed by atoms with E-state index < -0.39 is 0 Å². The third kappa shape index (κ3) is 3.07. The first-order chi connectivity index (χ1) is 13.9. The van der Waals surface area contributed by atoms with E-state index in [1.165, 1.54) is 32.8 Å². The molecule has 0 atom stereocenters. The Balaban J connectivity index is 1.65. The minimum Gasteiger partial charge on any atom is -0.295 e. The SMILES string of the molecule is Cc1ccc2c(c1)-c1c([nH]n(-c3ccc(-c4ccccc4)cc3)c1=S)C(C)(C)S2. The van der Waals surface area contributed by atoms with Gasteiger partial charge in [-0.1, -0.05) is 72.4 Å². The Morgan fingerprint density at radius 3 is 2.31 bits per heavy atom. The van der Waals surface area contributed by atoms with Gasteiger partial charge in [-0.3, -0.25) is 5.10 Å². The van der Waals surface area contributed by atoms with Gasteiger partial charge < -0.3 is 0 Å². The largest absolute Gasteiger partial charge is 0.295 e. The van der Waals surface area contributed by atoms with Crippen molar-refractivity contribution in [3.8, 4) is 27.9 Å². The van der Waals surface area contributed by atoms with Gasteiger partial charge in [-0.05, 0) is 50.1 Å². The summed E-state index contributed by atoms with van der Waals surface area (Å²) in [7, 11) is 0. The summed E-state index contributed by atoms with van der Waals surface area (Å²) in [6.07, 6.45) is 0. The molecule has 0 bridgehead atoms. The summed E-state index contributed by atoms with van der Waals surface area (Å²) >= 11 is 7.86. The highest BCUT2D eigenvalue weighted by atomic mass is 32.2. The molecule has 1 aliphatic heterocycles. The van der Waals surface area contributed by atoms with Gasteiger partial charge in [0.1, 0.15) is 4.64 Å². The van der Waals surface area contributed by atoms with E-state index in [-0.39, 0.29) is 4.75 Å². The van der Waals surface area contributed by atoms with Gasteiger partial charge in [0, 0.05) is 16.0 Å². The van der Waals surface area contributed by atoms with Crippen LogP contribution in [0.2, 0.25) is 0 Å². The molecule has 0 saturated heterocycles. The third-order valence-corrected chi connectivity index (χ3v) is 7.17. The summed E-state index contributed by atoms with van der Waals surface area (Å²) < 4.78 is 2.82. The highest BCUT2D eigenvalue weighted by molar-refractivity contribution is 8.00. The molecule has 1 N–H and O–H groups in total. The molecule has 0 unspecified atom stereocenters. The lowest BCUT2D eigenvalue weighted by molar-refractivity contribution is 0.712. The number of nitrogens with one attached hydrogen (secondary N) is 1. The quantitative estimate of drug-likeness (QED) is 0.342. The molecule has 0 saturated carbocycles. The minimum absolute atomic E-state index is 0.0691. The van der Waals surface area contributed by atoms with E-state index in [4.69, 9.17) is 12.2 Å². The van der Waals surface area contributed by atoms with Gasteiger partial charge in [-0.25, -0.2) is 4.68 Å². The molecule has 144 valence electrons. The number of H-pyrrole nitrogens is 1. The Kier molecular flexibility index (Phi) is 4.30. The molecule has 29 heavy (non-hydrogen) atoms. The number of thioether (sulfide) groups is 1. The number of rotatable bonds is 2. The number of hydrogen-bond acceptors (Lipinski definition) is 2. The number of aromatic amines is 1. The number of nitrogens with zero attached hydrogens (tertiary/aromatic N) is 1. The van der Waals surface area contributed by atoms with Crippen LogP contribution in [0.5, 0.6) is 0 Å². The van der Waals surface area contributed by atoms with E-state index in [9.17, 15) is 0 Å². The van der Waals surface area contributed by atoms with Gasteiger partial charge in [0.15, 0.2) is 0 Å². The van der Waals surface area contributed by atoms with Crippen LogP contribution in [0.15, 0.2) is 77.7 Å². The fourth-order valence-electron chi connectivity index (χ4n) is 3.99. The number of aromatic nitrogens is 2. The van der Waals surface area contributed by atoms with Crippen molar-refractivity contribution in [3.05, 3.63) is 88.7 Å². The van der Waals surface area contributed by atoms with Gasteiger partial charge in [0.2, 0.25) is 0 Å². The van der Waals surface area contributed by atoms with Crippen molar-refractivity contribution in [1.29, 1.82) is 0 Å². The van der Waals surface area contributed by atoms with E-state index in [2.05, 4.69) is 97.3 Å². The summed E-state index contributed by atoms with van der Waals surface area (Å²) in [6.45, 7) is 6.65. The molecule has 5 rings (SSSR count). The number of fused-ring (bicyclic) bond motifs is 3. The summed E-state index contributed by atoms with van der Waals surface area (Å²) in [5.41, 5.74) is 8.32. The molecule has 3 aromatic carbocycles. The van der Waals surface area contributed by atoms with Crippen LogP contribution in [0, 0.1) is 11.6 Å². The van der Waals surface area contributed by atoms with Crippen LogP contribution < -0.4 is 0 Å². The summed E-state index contributed by atoms with van der Waals surface area (Å²) in [5.74, 6) is 0. The van der Waals surface area contributed by atoms with Gasteiger partial charge in [-0.2, -0.15) is 0 Å². The van der Waals surface area contributed by atoms with Crippen LogP contribution in [0.25, 0.3) is 27.9 Å². The maximum absolute atomic E-state index is 5.96. The van der Waals surface area contributed by atoms with E-state index in [0.717, 1.165) is 15.9 Å². The number of benzene rings is 3. The first-order valence-electron chi connectivity index (χ1n) is 9.75. The fraction of sp³-hybridized carbons (Fsp3) is 0.160. The molecule has 0 aliphatic carbocycles. The Morgan fingerprint density at radius 1 is 0.897 bits per heavy atom. The molecule has 0 spiro atoms. The Labute approximate surface area is 180 Å². The Morgan fingerprint density at radius 2 is 1.59 bits per heavy atom. The monoisotopic (exact) mass is 414 g/mol. The van der Waals surface area contributed by atoms with Gasteiger partial charge in [-0.15, -0.1) is 11.8 Å². The van der Waals surface area contributed by atoms with Gasteiger partial charge >= 0.3 is 0 Å². The van der Waals surface area contributed by atoms with E-state index in [1.54, 1.807) is 0 Å². The number of hydrogen-bond donors (Lipinski definition) is 1. The highest BCUT2D eigenvalue weighted by Crippen LogP contribution is 2.52. The predicted molar refractivity (Wildman–Crippen MR) is 125 cm³/mol. The lowest BCUT2D eigenvalue weighted by atomic mass is 9.97. The van der Waals surface area contributed by atoms with Crippen LogP contribution >= 0.6 is 24.0 Å². The zero-order valence-electron chi connectivity index (χ0n) is 16.7. The second kappa shape index (κ2) is 6.75. The van der Waals surface area contributed by atoms with Crippen LogP contribution in [-0.2, 0) is 4.75 Å². The molecular weight excluding hydrogens is 392 g/mol. The van der Waals surface area contributed by atoms with Crippen LogP contribution in [-0.4, -0.2) is 9.78 Å². The Hall–Kier alpha value is -2.56. The van der Waals surface area contributed by atoms with Crippen molar-refractivity contribution in [1.82, 2.24) is 9.78 Å². The summed E-state index contributed by atoms with van der Waals surface area (Å²) in [4.78, 5) is 1.30. The standard InChI is InChI=1S/C25H22N2S2/c1-16-9-14-21-20(15-16)22-23(25(2,3)29-21)26-27(24(22)28)19-12-10-18(11-13-19)17-7-5-4-6-8-17/h4-15,26H,1-3H3. The predicted octanol–water partition coefficient (Wildman–Crippen LogP) is 7.52. The molecule has 4 aromatic rings. The summed E-state index contributed by atoms with van der Waals surface area (Å²) in [5, 5.41) is 3.62. The number of aryl methyl sites for hydroxylation is 1. The first-order valence-corrected chi connectivity index (χ1v) is 11.0. The zero-order chi connectivity index (χ0) is 20.2. The summed E-state index contributed by atoms with van der Waals surface area (Å²) in [6, 6.07) is 25.7.